The summed E-state index contributed by atoms with van der Waals surface area (Å²) in [6.45, 7) is 6.27. The number of aliphatic hydroxyl groups is 1. The number of nitrogens with one attached hydrogen (secondary N) is 1. The van der Waals surface area contributed by atoms with Crippen molar-refractivity contribution in [3.63, 3.8) is 0 Å². The first kappa shape index (κ1) is 16.3. The fourth-order valence-electron chi connectivity index (χ4n) is 4.22. The standard InChI is InChI=1S/C17H34N2O/c1-2-18-17-11-5-3-4-8-15(17)14-19-12-6-9-16(19)10-7-13-20/h15-18,20H,2-14H2,1H3. The molecule has 1 aliphatic carbocycles. The van der Waals surface area contributed by atoms with Gasteiger partial charge in [-0.25, -0.2) is 0 Å². The van der Waals surface area contributed by atoms with Crippen LogP contribution in [0.4, 0.5) is 0 Å². The van der Waals surface area contributed by atoms with Crippen molar-refractivity contribution in [2.45, 2.75) is 76.8 Å². The Morgan fingerprint density at radius 3 is 2.75 bits per heavy atom. The zero-order valence-electron chi connectivity index (χ0n) is 13.3. The number of nitrogens with zero attached hydrogens (tertiary/aromatic N) is 1. The van der Waals surface area contributed by atoms with Crippen LogP contribution in [0.3, 0.4) is 0 Å². The van der Waals surface area contributed by atoms with Gasteiger partial charge in [0.25, 0.3) is 0 Å². The molecule has 3 heteroatoms. The summed E-state index contributed by atoms with van der Waals surface area (Å²) in [7, 11) is 0. The van der Waals surface area contributed by atoms with Gasteiger partial charge in [0, 0.05) is 25.2 Å². The molecule has 1 aliphatic heterocycles. The van der Waals surface area contributed by atoms with Crippen LogP contribution in [-0.2, 0) is 0 Å². The van der Waals surface area contributed by atoms with Gasteiger partial charge in [-0.2, -0.15) is 0 Å². The fourth-order valence-corrected chi connectivity index (χ4v) is 4.22. The van der Waals surface area contributed by atoms with Gasteiger partial charge in [0.2, 0.25) is 0 Å². The minimum atomic E-state index is 0.355. The molecule has 0 bridgehead atoms. The molecule has 3 nitrogen and oxygen atoms in total. The molecule has 0 radical (unpaired) electrons. The van der Waals surface area contributed by atoms with Crippen molar-refractivity contribution < 1.29 is 5.11 Å². The zero-order valence-corrected chi connectivity index (χ0v) is 13.3. The summed E-state index contributed by atoms with van der Waals surface area (Å²) in [6, 6.07) is 1.48. The van der Waals surface area contributed by atoms with Crippen LogP contribution in [-0.4, -0.2) is 48.3 Å². The van der Waals surface area contributed by atoms with E-state index in [-0.39, 0.29) is 0 Å². The molecule has 0 amide bonds. The highest BCUT2D eigenvalue weighted by molar-refractivity contribution is 4.86. The van der Waals surface area contributed by atoms with Crippen molar-refractivity contribution in [3.8, 4) is 0 Å². The second kappa shape index (κ2) is 9.01. The highest BCUT2D eigenvalue weighted by Gasteiger charge is 2.30. The molecule has 118 valence electrons. The summed E-state index contributed by atoms with van der Waals surface area (Å²) in [5.41, 5.74) is 0. The van der Waals surface area contributed by atoms with Gasteiger partial charge in [0.05, 0.1) is 0 Å². The predicted molar refractivity (Wildman–Crippen MR) is 85.0 cm³/mol. The van der Waals surface area contributed by atoms with Gasteiger partial charge in [0.1, 0.15) is 0 Å². The monoisotopic (exact) mass is 282 g/mol. The Hall–Kier alpha value is -0.120. The molecule has 0 spiro atoms. The summed E-state index contributed by atoms with van der Waals surface area (Å²) in [5, 5.41) is 12.8. The Kier molecular flexibility index (Phi) is 7.32. The molecular formula is C17H34N2O. The maximum Gasteiger partial charge on any atom is 0.0431 e. The van der Waals surface area contributed by atoms with Gasteiger partial charge >= 0.3 is 0 Å². The lowest BCUT2D eigenvalue weighted by atomic mass is 9.93. The Bertz CT molecular complexity index is 259. The maximum atomic E-state index is 9.05. The summed E-state index contributed by atoms with van der Waals surface area (Å²) >= 11 is 0. The molecule has 2 N–H and O–H groups in total. The Labute approximate surface area is 125 Å². The molecule has 1 saturated heterocycles. The van der Waals surface area contributed by atoms with Crippen molar-refractivity contribution in [2.24, 2.45) is 5.92 Å². The first-order chi connectivity index (χ1) is 9.85. The molecule has 2 rings (SSSR count). The summed E-state index contributed by atoms with van der Waals surface area (Å²) in [5.74, 6) is 0.840. The Balaban J connectivity index is 1.87. The van der Waals surface area contributed by atoms with Crippen molar-refractivity contribution >= 4 is 0 Å². The molecule has 3 unspecified atom stereocenters. The molecule has 3 atom stereocenters. The lowest BCUT2D eigenvalue weighted by molar-refractivity contribution is 0.167. The third kappa shape index (κ3) is 4.71. The lowest BCUT2D eigenvalue weighted by Gasteiger charge is -2.33. The number of rotatable bonds is 7. The molecule has 1 saturated carbocycles. The average molecular weight is 282 g/mol. The van der Waals surface area contributed by atoms with E-state index >= 15 is 0 Å². The molecule has 0 aromatic heterocycles. The minimum Gasteiger partial charge on any atom is -0.396 e. The van der Waals surface area contributed by atoms with Crippen LogP contribution in [0.5, 0.6) is 0 Å². The van der Waals surface area contributed by atoms with Crippen LogP contribution in [0, 0.1) is 5.92 Å². The largest absolute Gasteiger partial charge is 0.396 e. The Morgan fingerprint density at radius 2 is 1.95 bits per heavy atom. The first-order valence-electron chi connectivity index (χ1n) is 8.93. The molecule has 20 heavy (non-hydrogen) atoms. The van der Waals surface area contributed by atoms with E-state index in [1.165, 1.54) is 64.5 Å². The van der Waals surface area contributed by atoms with Crippen molar-refractivity contribution in [1.82, 2.24) is 10.2 Å². The smallest absolute Gasteiger partial charge is 0.0431 e. The number of aliphatic hydroxyl groups excluding tert-OH is 1. The summed E-state index contributed by atoms with van der Waals surface area (Å²) in [6.07, 6.45) is 11.9. The van der Waals surface area contributed by atoms with Crippen LogP contribution in [0.25, 0.3) is 0 Å². The van der Waals surface area contributed by atoms with Crippen LogP contribution in [0.15, 0.2) is 0 Å². The maximum absolute atomic E-state index is 9.05. The average Bonchev–Trinajstić information content (AvgIpc) is 2.78. The van der Waals surface area contributed by atoms with Crippen molar-refractivity contribution in [2.75, 3.05) is 26.2 Å². The molecule has 0 aromatic carbocycles. The van der Waals surface area contributed by atoms with Gasteiger partial charge in [0.15, 0.2) is 0 Å². The first-order valence-corrected chi connectivity index (χ1v) is 8.93. The number of hydrogen-bond acceptors (Lipinski definition) is 3. The quantitative estimate of drug-likeness (QED) is 0.705. The minimum absolute atomic E-state index is 0.355. The van der Waals surface area contributed by atoms with Gasteiger partial charge in [-0.1, -0.05) is 26.2 Å². The van der Waals surface area contributed by atoms with E-state index in [1.807, 2.05) is 0 Å². The van der Waals surface area contributed by atoms with E-state index in [4.69, 9.17) is 5.11 Å². The molecule has 0 aromatic rings. The molecular weight excluding hydrogens is 248 g/mol. The SMILES string of the molecule is CCNC1CCCCCC1CN1CCCC1CCCO. The van der Waals surface area contributed by atoms with Crippen LogP contribution >= 0.6 is 0 Å². The fraction of sp³-hybridized carbons (Fsp3) is 1.00. The zero-order chi connectivity index (χ0) is 14.2. The van der Waals surface area contributed by atoms with E-state index in [1.54, 1.807) is 0 Å². The van der Waals surface area contributed by atoms with Gasteiger partial charge < -0.3 is 15.3 Å². The van der Waals surface area contributed by atoms with Crippen LogP contribution in [0.1, 0.15) is 64.7 Å². The molecule has 1 heterocycles. The van der Waals surface area contributed by atoms with E-state index in [9.17, 15) is 0 Å². The van der Waals surface area contributed by atoms with Gasteiger partial charge in [-0.3, -0.25) is 0 Å². The molecule has 2 aliphatic rings. The van der Waals surface area contributed by atoms with Crippen molar-refractivity contribution in [3.05, 3.63) is 0 Å². The second-order valence-corrected chi connectivity index (χ2v) is 6.72. The molecule has 2 fully saturated rings. The lowest BCUT2D eigenvalue weighted by Crippen LogP contribution is -2.43. The van der Waals surface area contributed by atoms with Crippen LogP contribution < -0.4 is 5.32 Å². The van der Waals surface area contributed by atoms with E-state index < -0.39 is 0 Å². The third-order valence-corrected chi connectivity index (χ3v) is 5.29. The Morgan fingerprint density at radius 1 is 1.10 bits per heavy atom. The van der Waals surface area contributed by atoms with Gasteiger partial charge in [-0.05, 0) is 57.5 Å². The highest BCUT2D eigenvalue weighted by Crippen LogP contribution is 2.28. The summed E-state index contributed by atoms with van der Waals surface area (Å²) < 4.78 is 0. The third-order valence-electron chi connectivity index (χ3n) is 5.29. The predicted octanol–water partition coefficient (Wildman–Crippen LogP) is 2.78. The second-order valence-electron chi connectivity index (χ2n) is 6.72. The highest BCUT2D eigenvalue weighted by atomic mass is 16.2. The summed E-state index contributed by atoms with van der Waals surface area (Å²) in [4.78, 5) is 2.73. The van der Waals surface area contributed by atoms with E-state index in [0.29, 0.717) is 6.61 Å². The number of hydrogen-bond donors (Lipinski definition) is 2. The number of likely N-dealkylation sites (tertiary alicyclic amines) is 1. The van der Waals surface area contributed by atoms with Crippen molar-refractivity contribution in [1.29, 1.82) is 0 Å². The van der Waals surface area contributed by atoms with E-state index in [2.05, 4.69) is 17.1 Å². The van der Waals surface area contributed by atoms with E-state index in [0.717, 1.165) is 31.0 Å². The normalized spacial score (nSPS) is 32.4. The van der Waals surface area contributed by atoms with Gasteiger partial charge in [-0.15, -0.1) is 0 Å². The van der Waals surface area contributed by atoms with Crippen LogP contribution in [0.2, 0.25) is 0 Å². The topological polar surface area (TPSA) is 35.5 Å².